The van der Waals surface area contributed by atoms with E-state index in [4.69, 9.17) is 9.72 Å². The second kappa shape index (κ2) is 9.17. The van der Waals surface area contributed by atoms with Gasteiger partial charge in [0, 0.05) is 52.0 Å². The van der Waals surface area contributed by atoms with Crippen LogP contribution in [0.2, 0.25) is 0 Å². The van der Waals surface area contributed by atoms with E-state index in [1.807, 2.05) is 74.8 Å². The largest absolute Gasteiger partial charge is 0.444 e. The quantitative estimate of drug-likeness (QED) is 0.417. The molecular formula is C27H33N7O3. The van der Waals surface area contributed by atoms with Crippen LogP contribution in [0.5, 0.6) is 0 Å². The highest BCUT2D eigenvalue weighted by molar-refractivity contribution is 6.00. The molecule has 0 N–H and O–H groups in total. The van der Waals surface area contributed by atoms with Gasteiger partial charge in [0.1, 0.15) is 16.9 Å². The number of hydrogen-bond acceptors (Lipinski definition) is 7. The summed E-state index contributed by atoms with van der Waals surface area (Å²) in [6.45, 7) is 6.63. The Morgan fingerprint density at radius 2 is 1.78 bits per heavy atom. The van der Waals surface area contributed by atoms with Crippen molar-refractivity contribution in [2.24, 2.45) is 7.05 Å². The molecule has 0 radical (unpaired) electrons. The molecule has 1 amide bonds. The first-order chi connectivity index (χ1) is 17.5. The van der Waals surface area contributed by atoms with Crippen LogP contribution in [-0.2, 0) is 11.8 Å². The zero-order valence-electron chi connectivity index (χ0n) is 22.2. The van der Waals surface area contributed by atoms with E-state index in [1.165, 1.54) is 0 Å². The van der Waals surface area contributed by atoms with Crippen molar-refractivity contribution >= 4 is 34.0 Å². The van der Waals surface area contributed by atoms with Gasteiger partial charge in [0.05, 0.1) is 28.4 Å². The van der Waals surface area contributed by atoms with Crippen molar-refractivity contribution in [3.63, 3.8) is 0 Å². The number of aromatic nitrogens is 5. The predicted molar refractivity (Wildman–Crippen MR) is 144 cm³/mol. The molecule has 1 saturated heterocycles. The van der Waals surface area contributed by atoms with Crippen LogP contribution in [0.4, 0.5) is 10.6 Å². The van der Waals surface area contributed by atoms with E-state index < -0.39 is 5.60 Å². The molecule has 0 aromatic carbocycles. The maximum absolute atomic E-state index is 13.4. The lowest BCUT2D eigenvalue weighted by molar-refractivity contribution is 0.0188. The molecule has 0 unspecified atom stereocenters. The molecule has 1 aliphatic rings. The number of nitrogens with zero attached hydrogens (tertiary/aromatic N) is 7. The number of fused-ring (bicyclic) bond motifs is 3. The molecule has 1 fully saturated rings. The minimum atomic E-state index is -0.544. The van der Waals surface area contributed by atoms with Gasteiger partial charge in [-0.1, -0.05) is 0 Å². The number of amides is 1. The summed E-state index contributed by atoms with van der Waals surface area (Å²) in [6.07, 6.45) is 4.53. The molecule has 37 heavy (non-hydrogen) atoms. The summed E-state index contributed by atoms with van der Waals surface area (Å²) in [7, 11) is 5.66. The standard InChI is InChI=1S/C27H33N7O3/c1-27(2,3)37-26(36)33-13-11-18(12-14-33)34-24-21(32(6)25(34)35)16-28-20-9-8-19(30-23(20)24)17-7-10-22(29-15-17)31(4)5/h7-10,15-16,18H,11-14H2,1-6H3. The van der Waals surface area contributed by atoms with Crippen molar-refractivity contribution in [3.05, 3.63) is 47.1 Å². The number of likely N-dealkylation sites (tertiary alicyclic amines) is 1. The van der Waals surface area contributed by atoms with E-state index in [9.17, 15) is 9.59 Å². The Kier molecular flexibility index (Phi) is 6.13. The van der Waals surface area contributed by atoms with Gasteiger partial charge < -0.3 is 14.5 Å². The lowest BCUT2D eigenvalue weighted by Crippen LogP contribution is -2.43. The lowest BCUT2D eigenvalue weighted by atomic mass is 10.0. The molecule has 1 aliphatic heterocycles. The van der Waals surface area contributed by atoms with Crippen molar-refractivity contribution in [1.29, 1.82) is 0 Å². The fraction of sp³-hybridized carbons (Fsp3) is 0.444. The van der Waals surface area contributed by atoms with Crippen molar-refractivity contribution in [2.75, 3.05) is 32.1 Å². The van der Waals surface area contributed by atoms with Crippen molar-refractivity contribution < 1.29 is 9.53 Å². The number of pyridine rings is 3. The second-order valence-corrected chi connectivity index (χ2v) is 10.8. The molecule has 5 rings (SSSR count). The van der Waals surface area contributed by atoms with Crippen LogP contribution in [0.3, 0.4) is 0 Å². The van der Waals surface area contributed by atoms with Crippen LogP contribution in [-0.4, -0.2) is 67.9 Å². The van der Waals surface area contributed by atoms with Gasteiger partial charge in [-0.05, 0) is 57.9 Å². The van der Waals surface area contributed by atoms with Gasteiger partial charge in [-0.15, -0.1) is 0 Å². The van der Waals surface area contributed by atoms with Crippen LogP contribution >= 0.6 is 0 Å². The Balaban J connectivity index is 1.53. The minimum Gasteiger partial charge on any atom is -0.444 e. The van der Waals surface area contributed by atoms with Crippen LogP contribution in [0.1, 0.15) is 39.7 Å². The van der Waals surface area contributed by atoms with Gasteiger partial charge in [-0.2, -0.15) is 0 Å². The van der Waals surface area contributed by atoms with Gasteiger partial charge >= 0.3 is 11.8 Å². The summed E-state index contributed by atoms with van der Waals surface area (Å²) in [5.41, 5.74) is 3.91. The third-order valence-electron chi connectivity index (χ3n) is 6.75. The Hall–Kier alpha value is -3.95. The number of anilines is 1. The second-order valence-electron chi connectivity index (χ2n) is 10.8. The third-order valence-corrected chi connectivity index (χ3v) is 6.75. The number of ether oxygens (including phenoxy) is 1. The van der Waals surface area contributed by atoms with E-state index in [0.29, 0.717) is 31.4 Å². The maximum atomic E-state index is 13.4. The molecule has 0 saturated carbocycles. The molecule has 194 valence electrons. The molecule has 10 nitrogen and oxygen atoms in total. The number of rotatable bonds is 3. The topological polar surface area (TPSA) is 98.4 Å². The first kappa shape index (κ1) is 24.7. The first-order valence-electron chi connectivity index (χ1n) is 12.5. The number of hydrogen-bond donors (Lipinski definition) is 0. The van der Waals surface area contributed by atoms with Gasteiger partial charge in [0.25, 0.3) is 0 Å². The Morgan fingerprint density at radius 3 is 2.41 bits per heavy atom. The highest BCUT2D eigenvalue weighted by Gasteiger charge is 2.30. The summed E-state index contributed by atoms with van der Waals surface area (Å²) in [6, 6.07) is 7.75. The minimum absolute atomic E-state index is 0.0630. The zero-order chi connectivity index (χ0) is 26.5. The molecule has 0 spiro atoms. The predicted octanol–water partition coefficient (Wildman–Crippen LogP) is 3.98. The first-order valence-corrected chi connectivity index (χ1v) is 12.5. The Bertz CT molecular complexity index is 1520. The van der Waals surface area contributed by atoms with E-state index in [1.54, 1.807) is 22.7 Å². The molecule has 10 heteroatoms. The molecule has 0 aliphatic carbocycles. The monoisotopic (exact) mass is 503 g/mol. The fourth-order valence-corrected chi connectivity index (χ4v) is 4.82. The fourth-order valence-electron chi connectivity index (χ4n) is 4.82. The highest BCUT2D eigenvalue weighted by atomic mass is 16.6. The summed E-state index contributed by atoms with van der Waals surface area (Å²) in [5, 5.41) is 0. The molecule has 0 atom stereocenters. The van der Waals surface area contributed by atoms with Crippen LogP contribution in [0, 0.1) is 0 Å². The van der Waals surface area contributed by atoms with Crippen LogP contribution in [0.15, 0.2) is 41.5 Å². The summed E-state index contributed by atoms with van der Waals surface area (Å²) in [5.74, 6) is 0.864. The molecule has 0 bridgehead atoms. The molecule has 4 aromatic heterocycles. The van der Waals surface area contributed by atoms with Gasteiger partial charge in [-0.3, -0.25) is 14.1 Å². The van der Waals surface area contributed by atoms with Crippen LogP contribution < -0.4 is 10.6 Å². The lowest BCUT2D eigenvalue weighted by Gasteiger charge is -2.33. The van der Waals surface area contributed by atoms with E-state index >= 15 is 0 Å². The maximum Gasteiger partial charge on any atom is 0.410 e. The van der Waals surface area contributed by atoms with Crippen molar-refractivity contribution in [2.45, 2.75) is 45.3 Å². The van der Waals surface area contributed by atoms with Crippen molar-refractivity contribution in [1.82, 2.24) is 29.0 Å². The number of piperidine rings is 1. The summed E-state index contributed by atoms with van der Waals surface area (Å²) in [4.78, 5) is 43.7. The average molecular weight is 504 g/mol. The van der Waals surface area contributed by atoms with E-state index in [2.05, 4.69) is 9.97 Å². The van der Waals surface area contributed by atoms with E-state index in [-0.39, 0.29) is 17.8 Å². The van der Waals surface area contributed by atoms with Gasteiger partial charge in [0.2, 0.25) is 0 Å². The average Bonchev–Trinajstić information content (AvgIpc) is 3.13. The Labute approximate surface area is 215 Å². The molecule has 5 heterocycles. The highest BCUT2D eigenvalue weighted by Crippen LogP contribution is 2.31. The number of aryl methyl sites for hydroxylation is 1. The van der Waals surface area contributed by atoms with Crippen molar-refractivity contribution in [3.8, 4) is 11.3 Å². The SMILES string of the molecule is CN(C)c1ccc(-c2ccc3ncc4c(c3n2)n(C2CCN(C(=O)OC(C)(C)C)CC2)c(=O)n4C)cn1. The van der Waals surface area contributed by atoms with Crippen LogP contribution in [0.25, 0.3) is 33.3 Å². The van der Waals surface area contributed by atoms with E-state index in [0.717, 1.165) is 33.6 Å². The summed E-state index contributed by atoms with van der Waals surface area (Å²) >= 11 is 0. The normalized spacial score (nSPS) is 14.9. The molecular weight excluding hydrogens is 470 g/mol. The van der Waals surface area contributed by atoms with Gasteiger partial charge in [0.15, 0.2) is 0 Å². The smallest absolute Gasteiger partial charge is 0.410 e. The zero-order valence-corrected chi connectivity index (χ0v) is 22.2. The molecule has 4 aromatic rings. The Morgan fingerprint density at radius 1 is 1.05 bits per heavy atom. The third kappa shape index (κ3) is 4.63. The number of imidazole rings is 1. The number of carbonyl (C=O) groups excluding carboxylic acids is 1. The summed E-state index contributed by atoms with van der Waals surface area (Å²) < 4.78 is 9.01. The van der Waals surface area contributed by atoms with Gasteiger partial charge in [-0.25, -0.2) is 19.6 Å². The number of carbonyl (C=O) groups is 1.